The van der Waals surface area contributed by atoms with Crippen molar-refractivity contribution in [2.75, 3.05) is 0 Å². The van der Waals surface area contributed by atoms with Crippen LogP contribution >= 0.6 is 0 Å². The number of hydrogen-bond donors (Lipinski definition) is 0. The molecule has 1 nitrogen and oxygen atoms in total. The van der Waals surface area contributed by atoms with Crippen LogP contribution in [0.1, 0.15) is 38.5 Å². The van der Waals surface area contributed by atoms with Crippen molar-refractivity contribution < 1.29 is 4.46 Å². The summed E-state index contributed by atoms with van der Waals surface area (Å²) in [4.78, 5) is 0. The highest BCUT2D eigenvalue weighted by Crippen LogP contribution is 2.15. The quantitative estimate of drug-likeness (QED) is 0.455. The van der Waals surface area contributed by atoms with Crippen molar-refractivity contribution in [2.24, 2.45) is 0 Å². The lowest BCUT2D eigenvalue weighted by atomic mass is 10.0. The third-order valence-corrected chi connectivity index (χ3v) is 1.50. The lowest BCUT2D eigenvalue weighted by Gasteiger charge is -2.05. The van der Waals surface area contributed by atoms with Crippen LogP contribution in [0, 0.1) is 0 Å². The molecule has 2 radical (unpaired) electrons. The van der Waals surface area contributed by atoms with Crippen molar-refractivity contribution in [3.8, 4) is 0 Å². The summed E-state index contributed by atoms with van der Waals surface area (Å²) >= 11 is 0. The van der Waals surface area contributed by atoms with Crippen LogP contribution in [0.15, 0.2) is 0 Å². The van der Waals surface area contributed by atoms with E-state index in [1.54, 1.807) is 10.1 Å². The Bertz CT molecular complexity index is 32.3. The molecule has 0 aliphatic heterocycles. The lowest BCUT2D eigenvalue weighted by molar-refractivity contribution is 0.504. The number of hydrogen-bond acceptors (Lipinski definition) is 1. The van der Waals surface area contributed by atoms with Crippen LogP contribution in [0.25, 0.3) is 0 Å². The summed E-state index contributed by atoms with van der Waals surface area (Å²) in [6.07, 6.45) is 9.00. The van der Waals surface area contributed by atoms with Gasteiger partial charge in [-0.25, -0.2) is 0 Å². The van der Waals surface area contributed by atoms with E-state index in [0.29, 0.717) is 0 Å². The summed E-state index contributed by atoms with van der Waals surface area (Å²) in [5.41, 5.74) is 0. The first-order chi connectivity index (χ1) is 4.00. The smallest absolute Gasteiger partial charge is 0.381 e. The van der Waals surface area contributed by atoms with E-state index in [1.165, 1.54) is 38.5 Å². The fourth-order valence-electron chi connectivity index (χ4n) is 1.06. The van der Waals surface area contributed by atoms with E-state index in [1.807, 2.05) is 0 Å². The maximum absolute atomic E-state index is 8.06. The Hall–Kier alpha value is 0.0169. The van der Waals surface area contributed by atoms with Crippen LogP contribution in [-0.2, 0) is 4.46 Å². The van der Waals surface area contributed by atoms with E-state index in [9.17, 15) is 0 Å². The van der Waals surface area contributed by atoms with Gasteiger partial charge in [0.2, 0.25) is 0 Å². The maximum Gasteiger partial charge on any atom is 0.381 e. The largest absolute Gasteiger partial charge is 0.381 e. The molecular formula is C6H12OSi. The van der Waals surface area contributed by atoms with Gasteiger partial charge >= 0.3 is 10.1 Å². The Morgan fingerprint density at radius 2 is 0.750 bits per heavy atom. The minimum atomic E-state index is 1.50. The van der Waals surface area contributed by atoms with Crippen LogP contribution in [0.5, 0.6) is 0 Å². The molecule has 0 aromatic carbocycles. The summed E-state index contributed by atoms with van der Waals surface area (Å²) in [6.45, 7) is 0. The van der Waals surface area contributed by atoms with E-state index in [0.717, 1.165) is 0 Å². The van der Waals surface area contributed by atoms with E-state index < -0.39 is 0 Å². The Labute approximate surface area is 54.0 Å². The fraction of sp³-hybridized carbons (Fsp3) is 1.00. The summed E-state index contributed by atoms with van der Waals surface area (Å²) in [6, 6.07) is 0. The van der Waals surface area contributed by atoms with Crippen LogP contribution < -0.4 is 0 Å². The average Bonchev–Trinajstić information content (AvgIpc) is 1.96. The highest BCUT2D eigenvalue weighted by molar-refractivity contribution is 5.85. The Kier molecular flexibility index (Phi) is 7.03. The first-order valence-electron chi connectivity index (χ1n) is 3.20. The normalized spacial score (nSPS) is 18.5. The van der Waals surface area contributed by atoms with Gasteiger partial charge in [-0.15, -0.1) is 0 Å². The molecule has 0 N–H and O–H groups in total. The molecule has 0 saturated heterocycles. The summed E-state index contributed by atoms with van der Waals surface area (Å²) in [7, 11) is 1.72. The lowest BCUT2D eigenvalue weighted by Crippen LogP contribution is -1.85. The van der Waals surface area contributed by atoms with Gasteiger partial charge in [0.15, 0.2) is 0 Å². The van der Waals surface area contributed by atoms with Crippen molar-refractivity contribution in [2.45, 2.75) is 38.5 Å². The molecule has 46 valence electrons. The second kappa shape index (κ2) is 7.02. The van der Waals surface area contributed by atoms with Crippen LogP contribution in [0.3, 0.4) is 0 Å². The van der Waals surface area contributed by atoms with Crippen LogP contribution in [0.4, 0.5) is 0 Å². The van der Waals surface area contributed by atoms with E-state index >= 15 is 0 Å². The number of rotatable bonds is 0. The first-order valence-corrected chi connectivity index (χ1v) is 3.61. The third-order valence-electron chi connectivity index (χ3n) is 1.50. The predicted octanol–water partition coefficient (Wildman–Crippen LogP) is 1.84. The summed E-state index contributed by atoms with van der Waals surface area (Å²) < 4.78 is 8.06. The molecule has 1 aliphatic carbocycles. The highest BCUT2D eigenvalue weighted by Gasteiger charge is 1.95. The minimum Gasteiger partial charge on any atom is -0.381 e. The van der Waals surface area contributed by atoms with Gasteiger partial charge in [-0.3, -0.25) is 0 Å². The zero-order chi connectivity index (χ0) is 6.24. The molecule has 0 bridgehead atoms. The zero-order valence-corrected chi connectivity index (χ0v) is 6.15. The minimum absolute atomic E-state index is 1.50. The average molecular weight is 128 g/mol. The molecule has 0 heterocycles. The molecule has 0 spiro atoms. The Morgan fingerprint density at radius 3 is 0.875 bits per heavy atom. The van der Waals surface area contributed by atoms with Crippen molar-refractivity contribution in [1.82, 2.24) is 0 Å². The molecule has 8 heavy (non-hydrogen) atoms. The van der Waals surface area contributed by atoms with Gasteiger partial charge in [-0.1, -0.05) is 38.5 Å². The van der Waals surface area contributed by atoms with Gasteiger partial charge < -0.3 is 4.46 Å². The predicted molar refractivity (Wildman–Crippen MR) is 34.1 cm³/mol. The van der Waals surface area contributed by atoms with Gasteiger partial charge in [0.05, 0.1) is 0 Å². The van der Waals surface area contributed by atoms with E-state index in [2.05, 4.69) is 0 Å². The van der Waals surface area contributed by atoms with Gasteiger partial charge in [0, 0.05) is 0 Å². The second-order valence-corrected chi connectivity index (χ2v) is 2.12. The molecule has 0 aromatic heterocycles. The molecule has 2 heteroatoms. The Balaban J connectivity index is 0.000000222. The maximum atomic E-state index is 8.06. The Morgan fingerprint density at radius 1 is 0.625 bits per heavy atom. The first kappa shape index (κ1) is 8.02. The molecule has 0 atom stereocenters. The van der Waals surface area contributed by atoms with Crippen LogP contribution in [-0.4, -0.2) is 10.1 Å². The highest BCUT2D eigenvalue weighted by atomic mass is 28.1. The fourth-order valence-corrected chi connectivity index (χ4v) is 1.06. The molecular weight excluding hydrogens is 116 g/mol. The molecule has 1 fully saturated rings. The molecule has 0 amide bonds. The standard InChI is InChI=1S/C6H12.OSi/c1-2-4-6-5-3-1;1-2/h1-6H2;. The van der Waals surface area contributed by atoms with Crippen molar-refractivity contribution in [3.05, 3.63) is 0 Å². The summed E-state index contributed by atoms with van der Waals surface area (Å²) in [5.74, 6) is 0. The van der Waals surface area contributed by atoms with Crippen molar-refractivity contribution in [3.63, 3.8) is 0 Å². The third kappa shape index (κ3) is 4.18. The van der Waals surface area contributed by atoms with Crippen molar-refractivity contribution in [1.29, 1.82) is 0 Å². The summed E-state index contributed by atoms with van der Waals surface area (Å²) in [5, 5.41) is 0. The molecule has 1 rings (SSSR count). The van der Waals surface area contributed by atoms with Crippen LogP contribution in [0.2, 0.25) is 0 Å². The second-order valence-electron chi connectivity index (χ2n) is 2.12. The molecule has 0 unspecified atom stereocenters. The van der Waals surface area contributed by atoms with Gasteiger partial charge in [-0.05, 0) is 0 Å². The topological polar surface area (TPSA) is 17.1 Å². The molecule has 1 aliphatic rings. The zero-order valence-electron chi connectivity index (χ0n) is 5.15. The SMILES string of the molecule is C1CCCCC1.O=[Si]. The monoisotopic (exact) mass is 128 g/mol. The molecule has 0 aromatic rings. The van der Waals surface area contributed by atoms with Gasteiger partial charge in [0.1, 0.15) is 0 Å². The van der Waals surface area contributed by atoms with Crippen molar-refractivity contribution >= 4 is 10.1 Å². The van der Waals surface area contributed by atoms with Gasteiger partial charge in [0.25, 0.3) is 0 Å². The molecule has 1 saturated carbocycles. The van der Waals surface area contributed by atoms with E-state index in [-0.39, 0.29) is 0 Å². The van der Waals surface area contributed by atoms with E-state index in [4.69, 9.17) is 4.46 Å². The van der Waals surface area contributed by atoms with Gasteiger partial charge in [-0.2, -0.15) is 0 Å².